The second-order valence-corrected chi connectivity index (χ2v) is 9.52. The summed E-state index contributed by atoms with van der Waals surface area (Å²) in [6.07, 6.45) is -5.91. The summed E-state index contributed by atoms with van der Waals surface area (Å²) in [5.74, 6) is -5.86. The van der Waals surface area contributed by atoms with Crippen LogP contribution in [0.5, 0.6) is 0 Å². The number of nitrogens with one attached hydrogen (secondary N) is 1. The van der Waals surface area contributed by atoms with E-state index in [0.29, 0.717) is 6.07 Å². The summed E-state index contributed by atoms with van der Waals surface area (Å²) in [7, 11) is 0.368. The lowest BCUT2D eigenvalue weighted by molar-refractivity contribution is -0.291. The highest BCUT2D eigenvalue weighted by Crippen LogP contribution is 2.43. The molecule has 3 rings (SSSR count). The molecule has 0 aliphatic rings. The van der Waals surface area contributed by atoms with Gasteiger partial charge in [-0.15, -0.1) is 10.2 Å². The number of alkyl halides is 5. The van der Waals surface area contributed by atoms with Crippen LogP contribution in [0, 0.1) is 0 Å². The fraction of sp³-hybridized carbons (Fsp3) is 0.389. The number of sulfone groups is 1. The molecule has 0 saturated carbocycles. The van der Waals surface area contributed by atoms with Crippen molar-refractivity contribution in [2.75, 3.05) is 25.2 Å². The zero-order valence-corrected chi connectivity index (χ0v) is 19.0. The Hall–Kier alpha value is -3.43. The first-order valence-corrected chi connectivity index (χ1v) is 11.1. The van der Waals surface area contributed by atoms with Crippen molar-refractivity contribution < 1.29 is 36.6 Å². The van der Waals surface area contributed by atoms with Gasteiger partial charge in [-0.25, -0.2) is 23.2 Å². The molecule has 3 aromatic rings. The van der Waals surface area contributed by atoms with E-state index in [9.17, 15) is 35.2 Å². The van der Waals surface area contributed by atoms with Gasteiger partial charge >= 0.3 is 18.1 Å². The normalized spacial score (nSPS) is 12.7. The summed E-state index contributed by atoms with van der Waals surface area (Å²) in [4.78, 5) is 21.0. The van der Waals surface area contributed by atoms with E-state index in [0.717, 1.165) is 4.57 Å². The Morgan fingerprint density at radius 1 is 1.15 bits per heavy atom. The number of halogens is 5. The smallest absolute Gasteiger partial charge is 0.331 e. The lowest BCUT2D eigenvalue weighted by Gasteiger charge is -2.17. The number of aromatic nitrogens is 5. The number of imidazole rings is 1. The van der Waals surface area contributed by atoms with Gasteiger partial charge in [0.15, 0.2) is 21.3 Å². The molecule has 16 heteroatoms. The van der Waals surface area contributed by atoms with Crippen molar-refractivity contribution in [3.8, 4) is 11.5 Å². The van der Waals surface area contributed by atoms with Gasteiger partial charge in [0, 0.05) is 22.6 Å². The molecule has 10 nitrogen and oxygen atoms in total. The highest BCUT2D eigenvalue weighted by molar-refractivity contribution is 7.91. The molecule has 0 atom stereocenters. The van der Waals surface area contributed by atoms with E-state index in [1.54, 1.807) is 0 Å². The van der Waals surface area contributed by atoms with Crippen LogP contribution < -0.4 is 5.32 Å². The molecule has 2 amide bonds. The number of anilines is 1. The average Bonchev–Trinajstić information content (AvgIpc) is 3.08. The zero-order valence-electron chi connectivity index (χ0n) is 18.1. The number of carbonyl (C=O) groups is 1. The second kappa shape index (κ2) is 8.41. The summed E-state index contributed by atoms with van der Waals surface area (Å²) in [5.41, 5.74) is -2.52. The van der Waals surface area contributed by atoms with E-state index in [1.165, 1.54) is 45.1 Å². The predicted molar refractivity (Wildman–Crippen MR) is 112 cm³/mol. The molecule has 0 radical (unpaired) electrons. The first-order valence-electron chi connectivity index (χ1n) is 9.47. The summed E-state index contributed by atoms with van der Waals surface area (Å²) in [6, 6.07) is 2.28. The first-order chi connectivity index (χ1) is 15.6. The molecule has 34 heavy (non-hydrogen) atoms. The van der Waals surface area contributed by atoms with Gasteiger partial charge in [0.25, 0.3) is 0 Å². The van der Waals surface area contributed by atoms with Gasteiger partial charge in [0.2, 0.25) is 0 Å². The minimum Gasteiger partial charge on any atom is -0.331 e. The number of carbonyl (C=O) groups excluding carboxylic acids is 1. The van der Waals surface area contributed by atoms with E-state index in [1.807, 2.05) is 0 Å². The molecule has 1 N–H and O–H groups in total. The van der Waals surface area contributed by atoms with Crippen LogP contribution >= 0.6 is 0 Å². The number of aryl methyl sites for hydroxylation is 1. The Morgan fingerprint density at radius 2 is 1.79 bits per heavy atom. The molecular weight excluding hydrogens is 489 g/mol. The number of nitrogens with zero attached hydrogens (tertiary/aromatic N) is 6. The Labute approximate surface area is 191 Å². The fourth-order valence-electron chi connectivity index (χ4n) is 2.80. The number of rotatable bonds is 5. The number of urea groups is 1. The van der Waals surface area contributed by atoms with Crippen LogP contribution in [0.25, 0.3) is 22.7 Å². The minimum atomic E-state index is -5.91. The van der Waals surface area contributed by atoms with E-state index in [4.69, 9.17) is 0 Å². The van der Waals surface area contributed by atoms with Crippen LogP contribution in [0.4, 0.5) is 32.6 Å². The van der Waals surface area contributed by atoms with Crippen molar-refractivity contribution in [1.82, 2.24) is 29.6 Å². The number of fused-ring (bicyclic) bond motifs is 1. The molecule has 0 bridgehead atoms. The monoisotopic (exact) mass is 509 g/mol. The number of amides is 2. The molecule has 3 heterocycles. The van der Waals surface area contributed by atoms with E-state index >= 15 is 0 Å². The van der Waals surface area contributed by atoms with Crippen molar-refractivity contribution in [3.05, 3.63) is 23.9 Å². The molecule has 186 valence electrons. The summed E-state index contributed by atoms with van der Waals surface area (Å²) < 4.78 is 92.1. The first kappa shape index (κ1) is 25.2. The van der Waals surface area contributed by atoms with Crippen LogP contribution in [-0.4, -0.2) is 70.1 Å². The van der Waals surface area contributed by atoms with Gasteiger partial charge in [-0.05, 0) is 18.2 Å². The molecular formula is C18H20F5N7O3S. The van der Waals surface area contributed by atoms with Gasteiger partial charge in [-0.2, -0.15) is 22.0 Å². The van der Waals surface area contributed by atoms with Gasteiger partial charge < -0.3 is 9.47 Å². The lowest BCUT2D eigenvalue weighted by Crippen LogP contribution is -2.34. The maximum Gasteiger partial charge on any atom is 0.459 e. The molecule has 3 aromatic heterocycles. The molecule has 0 spiro atoms. The lowest BCUT2D eigenvalue weighted by atomic mass is 10.2. The molecule has 0 saturated heterocycles. The van der Waals surface area contributed by atoms with Crippen LogP contribution in [-0.2, 0) is 22.8 Å². The van der Waals surface area contributed by atoms with Gasteiger partial charge in [-0.3, -0.25) is 5.32 Å². The maximum absolute atomic E-state index is 13.7. The second-order valence-electron chi connectivity index (χ2n) is 7.28. The van der Waals surface area contributed by atoms with Crippen molar-refractivity contribution >= 4 is 32.9 Å². The summed E-state index contributed by atoms with van der Waals surface area (Å²) >= 11 is 0. The Bertz CT molecular complexity index is 1380. The molecule has 0 unspecified atom stereocenters. The minimum absolute atomic E-state index is 0. The van der Waals surface area contributed by atoms with Gasteiger partial charge in [0.1, 0.15) is 22.7 Å². The van der Waals surface area contributed by atoms with Crippen LogP contribution in [0.1, 0.15) is 14.0 Å². The number of hydrogen-bond acceptors (Lipinski definition) is 7. The Morgan fingerprint density at radius 3 is 2.35 bits per heavy atom. The van der Waals surface area contributed by atoms with Crippen molar-refractivity contribution in [2.45, 2.75) is 23.9 Å². The third-order valence-electron chi connectivity index (χ3n) is 4.72. The van der Waals surface area contributed by atoms with Crippen LogP contribution in [0.3, 0.4) is 0 Å². The van der Waals surface area contributed by atoms with E-state index in [-0.39, 0.29) is 35.1 Å². The van der Waals surface area contributed by atoms with Crippen molar-refractivity contribution in [3.63, 3.8) is 0 Å². The molecule has 0 fully saturated rings. The Kier molecular flexibility index (Phi) is 6.23. The summed E-state index contributed by atoms with van der Waals surface area (Å²) in [5, 5.41) is 8.86. The summed E-state index contributed by atoms with van der Waals surface area (Å²) in [6.45, 7) is 1.38. The van der Waals surface area contributed by atoms with Crippen molar-refractivity contribution in [2.24, 2.45) is 7.05 Å². The number of hydrogen-bond donors (Lipinski definition) is 1. The highest BCUT2D eigenvalue weighted by atomic mass is 32.2. The standard InChI is InChI=1S/C18H18F5N7O3S.H2/c1-5-34(32,33)10-6-7-12(26-16(31)29(2)3)25-13(10)15-24-9-8-11(17(19,20)18(21,22)23)27-28-14(9)30(15)4;/h6-8H,5H2,1-4H3,(H,25,26,31);1H. The topological polar surface area (TPSA) is 123 Å². The van der Waals surface area contributed by atoms with Crippen molar-refractivity contribution in [1.29, 1.82) is 0 Å². The van der Waals surface area contributed by atoms with Crippen LogP contribution in [0.2, 0.25) is 0 Å². The Balaban J connectivity index is 0.00000432. The van der Waals surface area contributed by atoms with E-state index in [2.05, 4.69) is 25.5 Å². The predicted octanol–water partition coefficient (Wildman–Crippen LogP) is 3.21. The SMILES string of the molecule is CCS(=O)(=O)c1ccc(NC(=O)N(C)C)nc1-c1nc2cc(C(F)(F)C(F)(F)F)nnc2n1C.[HH]. The average molecular weight is 509 g/mol. The third kappa shape index (κ3) is 4.36. The molecule has 0 aliphatic heterocycles. The van der Waals surface area contributed by atoms with Gasteiger partial charge in [0.05, 0.1) is 10.6 Å². The fourth-order valence-corrected chi connectivity index (χ4v) is 3.82. The molecule has 0 aliphatic carbocycles. The van der Waals surface area contributed by atoms with Crippen LogP contribution in [0.15, 0.2) is 23.1 Å². The zero-order chi connectivity index (χ0) is 25.6. The number of pyridine rings is 1. The quantitative estimate of drug-likeness (QED) is 0.524. The largest absolute Gasteiger partial charge is 0.459 e. The van der Waals surface area contributed by atoms with E-state index < -0.39 is 39.2 Å². The van der Waals surface area contributed by atoms with Gasteiger partial charge in [-0.1, -0.05) is 6.92 Å². The third-order valence-corrected chi connectivity index (χ3v) is 6.48. The highest BCUT2D eigenvalue weighted by Gasteiger charge is 2.60. The molecule has 0 aromatic carbocycles. The maximum atomic E-state index is 13.7.